The van der Waals surface area contributed by atoms with E-state index in [0.29, 0.717) is 5.56 Å². The van der Waals surface area contributed by atoms with Crippen molar-refractivity contribution >= 4 is 19.7 Å². The van der Waals surface area contributed by atoms with Crippen LogP contribution in [0.1, 0.15) is 19.4 Å². The summed E-state index contributed by atoms with van der Waals surface area (Å²) in [6.45, 7) is 3.29. The molecule has 15 heavy (non-hydrogen) atoms. The first-order chi connectivity index (χ1) is 6.72. The molecular weight excluding hydrogens is 239 g/mol. The molecule has 0 unspecified atom stereocenters. The monoisotopic (exact) mass is 250 g/mol. The Balaban J connectivity index is 3.12. The molecule has 2 nitrogen and oxygen atoms in total. The Bertz CT molecular complexity index is 454. The van der Waals surface area contributed by atoms with Crippen molar-refractivity contribution in [1.29, 1.82) is 0 Å². The van der Waals surface area contributed by atoms with E-state index in [1.807, 2.05) is 0 Å². The van der Waals surface area contributed by atoms with Gasteiger partial charge in [-0.1, -0.05) is 32.0 Å². The molecule has 0 aliphatic heterocycles. The molecule has 0 aliphatic carbocycles. The molecular formula is C10H12ClFO2S. The Morgan fingerprint density at radius 1 is 1.33 bits per heavy atom. The van der Waals surface area contributed by atoms with Crippen molar-refractivity contribution in [2.24, 2.45) is 0 Å². The number of halogens is 2. The standard InChI is InChI=1S/C10H12ClFO2S/c1-10(2,7-15(11,13)14)8-5-3-4-6-9(8)12/h3-6H,7H2,1-2H3. The molecule has 0 radical (unpaired) electrons. The average molecular weight is 251 g/mol. The third kappa shape index (κ3) is 3.47. The van der Waals surface area contributed by atoms with E-state index in [1.165, 1.54) is 6.07 Å². The normalized spacial score (nSPS) is 12.8. The molecule has 1 aromatic carbocycles. The first-order valence-electron chi connectivity index (χ1n) is 4.40. The molecule has 0 saturated heterocycles. The highest BCUT2D eigenvalue weighted by molar-refractivity contribution is 8.13. The van der Waals surface area contributed by atoms with Crippen molar-refractivity contribution in [3.63, 3.8) is 0 Å². The largest absolute Gasteiger partial charge is 0.233 e. The smallest absolute Gasteiger partial charge is 0.212 e. The molecule has 0 aliphatic rings. The van der Waals surface area contributed by atoms with E-state index in [1.54, 1.807) is 32.0 Å². The molecule has 0 bridgehead atoms. The van der Waals surface area contributed by atoms with E-state index in [2.05, 4.69) is 0 Å². The summed E-state index contributed by atoms with van der Waals surface area (Å²) in [5.41, 5.74) is -0.472. The lowest BCUT2D eigenvalue weighted by Crippen LogP contribution is -2.27. The zero-order valence-corrected chi connectivity index (χ0v) is 10.1. The lowest BCUT2D eigenvalue weighted by Gasteiger charge is -2.23. The van der Waals surface area contributed by atoms with Crippen molar-refractivity contribution in [1.82, 2.24) is 0 Å². The van der Waals surface area contributed by atoms with E-state index >= 15 is 0 Å². The highest BCUT2D eigenvalue weighted by atomic mass is 35.7. The van der Waals surface area contributed by atoms with E-state index in [9.17, 15) is 12.8 Å². The van der Waals surface area contributed by atoms with Gasteiger partial charge >= 0.3 is 0 Å². The number of hydrogen-bond acceptors (Lipinski definition) is 2. The number of rotatable bonds is 3. The zero-order valence-electron chi connectivity index (χ0n) is 8.50. The van der Waals surface area contributed by atoms with Crippen LogP contribution in [0, 0.1) is 5.82 Å². The topological polar surface area (TPSA) is 34.1 Å². The second kappa shape index (κ2) is 4.10. The lowest BCUT2D eigenvalue weighted by atomic mass is 9.86. The van der Waals surface area contributed by atoms with Crippen molar-refractivity contribution in [3.05, 3.63) is 35.6 Å². The Hall–Kier alpha value is -0.610. The molecule has 0 amide bonds. The van der Waals surface area contributed by atoms with Gasteiger partial charge in [-0.05, 0) is 11.6 Å². The van der Waals surface area contributed by atoms with E-state index in [4.69, 9.17) is 10.7 Å². The summed E-state index contributed by atoms with van der Waals surface area (Å²) in [5, 5.41) is 0. The molecule has 0 atom stereocenters. The molecule has 0 aromatic heterocycles. The van der Waals surface area contributed by atoms with Gasteiger partial charge in [0.1, 0.15) is 5.82 Å². The van der Waals surface area contributed by atoms with Crippen molar-refractivity contribution in [2.45, 2.75) is 19.3 Å². The quantitative estimate of drug-likeness (QED) is 0.773. The highest BCUT2D eigenvalue weighted by Gasteiger charge is 2.29. The molecule has 0 fully saturated rings. The number of hydrogen-bond donors (Lipinski definition) is 0. The van der Waals surface area contributed by atoms with Crippen LogP contribution in [-0.2, 0) is 14.5 Å². The van der Waals surface area contributed by atoms with E-state index in [-0.39, 0.29) is 5.75 Å². The molecule has 5 heteroatoms. The fourth-order valence-corrected chi connectivity index (χ4v) is 3.35. The highest BCUT2D eigenvalue weighted by Crippen LogP contribution is 2.28. The summed E-state index contributed by atoms with van der Waals surface area (Å²) in [6.07, 6.45) is 0. The van der Waals surface area contributed by atoms with Gasteiger partial charge in [0.2, 0.25) is 9.05 Å². The van der Waals surface area contributed by atoms with Gasteiger partial charge in [0.25, 0.3) is 0 Å². The molecule has 0 heterocycles. The van der Waals surface area contributed by atoms with Crippen LogP contribution in [0.25, 0.3) is 0 Å². The average Bonchev–Trinajstić information content (AvgIpc) is 1.99. The van der Waals surface area contributed by atoms with Gasteiger partial charge in [0.15, 0.2) is 0 Å². The molecule has 0 saturated carbocycles. The van der Waals surface area contributed by atoms with Crippen LogP contribution in [0.3, 0.4) is 0 Å². The molecule has 0 N–H and O–H groups in total. The summed E-state index contributed by atoms with van der Waals surface area (Å²) in [5.74, 6) is -0.703. The third-order valence-corrected chi connectivity index (χ3v) is 3.53. The van der Waals surface area contributed by atoms with Crippen LogP contribution in [0.5, 0.6) is 0 Å². The molecule has 1 aromatic rings. The van der Waals surface area contributed by atoms with Gasteiger partial charge in [0, 0.05) is 16.1 Å². The Labute approximate surface area is 93.5 Å². The maximum Gasteiger partial charge on any atom is 0.233 e. The zero-order chi connectivity index (χ0) is 11.7. The van der Waals surface area contributed by atoms with Crippen molar-refractivity contribution in [3.8, 4) is 0 Å². The van der Waals surface area contributed by atoms with Crippen LogP contribution in [0.2, 0.25) is 0 Å². The first kappa shape index (κ1) is 12.5. The molecule has 0 spiro atoms. The number of benzene rings is 1. The summed E-state index contributed by atoms with van der Waals surface area (Å²) >= 11 is 0. The fraction of sp³-hybridized carbons (Fsp3) is 0.400. The van der Waals surface area contributed by atoms with Gasteiger partial charge in [-0.3, -0.25) is 0 Å². The van der Waals surface area contributed by atoms with Crippen LogP contribution in [0.15, 0.2) is 24.3 Å². The minimum Gasteiger partial charge on any atom is -0.212 e. The van der Waals surface area contributed by atoms with E-state index in [0.717, 1.165) is 0 Å². The second-order valence-corrected chi connectivity index (χ2v) is 6.82. The minimum atomic E-state index is -3.64. The molecule has 84 valence electrons. The Morgan fingerprint density at radius 3 is 2.33 bits per heavy atom. The predicted octanol–water partition coefficient (Wildman–Crippen LogP) is 2.67. The van der Waals surface area contributed by atoms with Crippen LogP contribution >= 0.6 is 10.7 Å². The Morgan fingerprint density at radius 2 is 1.87 bits per heavy atom. The van der Waals surface area contributed by atoms with Gasteiger partial charge in [-0.25, -0.2) is 12.8 Å². The molecule has 1 rings (SSSR count). The summed E-state index contributed by atoms with van der Waals surface area (Å²) in [4.78, 5) is 0. The lowest BCUT2D eigenvalue weighted by molar-refractivity contribution is 0.516. The maximum atomic E-state index is 13.4. The maximum absolute atomic E-state index is 13.4. The van der Waals surface area contributed by atoms with Crippen molar-refractivity contribution in [2.75, 3.05) is 5.75 Å². The summed E-state index contributed by atoms with van der Waals surface area (Å²) in [7, 11) is 1.53. The van der Waals surface area contributed by atoms with Crippen LogP contribution in [-0.4, -0.2) is 14.2 Å². The van der Waals surface area contributed by atoms with Crippen LogP contribution in [0.4, 0.5) is 4.39 Å². The van der Waals surface area contributed by atoms with Gasteiger partial charge in [0.05, 0.1) is 5.75 Å². The van der Waals surface area contributed by atoms with Crippen molar-refractivity contribution < 1.29 is 12.8 Å². The first-order valence-corrected chi connectivity index (χ1v) is 6.87. The predicted molar refractivity (Wildman–Crippen MR) is 59.1 cm³/mol. The van der Waals surface area contributed by atoms with Crippen LogP contribution < -0.4 is 0 Å². The van der Waals surface area contributed by atoms with E-state index < -0.39 is 20.3 Å². The van der Waals surface area contributed by atoms with Gasteiger partial charge < -0.3 is 0 Å². The van der Waals surface area contributed by atoms with Gasteiger partial charge in [-0.15, -0.1) is 0 Å². The summed E-state index contributed by atoms with van der Waals surface area (Å²) in [6, 6.07) is 6.10. The minimum absolute atomic E-state index is 0.289. The summed E-state index contributed by atoms with van der Waals surface area (Å²) < 4.78 is 35.4. The third-order valence-electron chi connectivity index (χ3n) is 2.14. The SMILES string of the molecule is CC(C)(CS(=O)(=O)Cl)c1ccccc1F. The second-order valence-electron chi connectivity index (χ2n) is 4.05. The fourth-order valence-electron chi connectivity index (χ4n) is 1.52. The van der Waals surface area contributed by atoms with Gasteiger partial charge in [-0.2, -0.15) is 0 Å². The Kier molecular flexibility index (Phi) is 3.41.